The van der Waals surface area contributed by atoms with Gasteiger partial charge in [-0.2, -0.15) is 0 Å². The Hall–Kier alpha value is -1.45. The highest BCUT2D eigenvalue weighted by Crippen LogP contribution is 2.55. The Morgan fingerprint density at radius 2 is 1.87 bits per heavy atom. The number of fused-ring (bicyclic) bond motifs is 3. The van der Waals surface area contributed by atoms with Gasteiger partial charge in [0.15, 0.2) is 0 Å². The van der Waals surface area contributed by atoms with Crippen molar-refractivity contribution >= 4 is 11.8 Å². The Morgan fingerprint density at radius 3 is 2.67 bits per heavy atom. The lowest BCUT2D eigenvalue weighted by Gasteiger charge is -2.49. The molecule has 1 aliphatic heterocycles. The first-order chi connectivity index (χ1) is 14.6. The van der Waals surface area contributed by atoms with E-state index in [2.05, 4.69) is 75.0 Å². The van der Waals surface area contributed by atoms with Crippen LogP contribution in [0.5, 0.6) is 5.75 Å². The molecule has 1 heterocycles. The summed E-state index contributed by atoms with van der Waals surface area (Å²) in [5.74, 6) is 1.60. The van der Waals surface area contributed by atoms with Crippen LogP contribution in [0.1, 0.15) is 82.1 Å². The first kappa shape index (κ1) is 21.8. The maximum absolute atomic E-state index is 6.76. The topological polar surface area (TPSA) is 18.5 Å². The summed E-state index contributed by atoms with van der Waals surface area (Å²) in [6, 6.07) is 17.0. The predicted octanol–water partition coefficient (Wildman–Crippen LogP) is 7.71. The first-order valence-corrected chi connectivity index (χ1v) is 12.6. The van der Waals surface area contributed by atoms with Crippen molar-refractivity contribution in [2.45, 2.75) is 88.6 Å². The van der Waals surface area contributed by atoms with Gasteiger partial charge in [0.25, 0.3) is 0 Å². The first-order valence-electron chi connectivity index (χ1n) is 11.7. The van der Waals surface area contributed by atoms with Crippen LogP contribution in [0, 0.1) is 5.92 Å². The fourth-order valence-electron chi connectivity index (χ4n) is 5.02. The Labute approximate surface area is 186 Å². The number of hydrogen-bond donors (Lipinski definition) is 0. The second kappa shape index (κ2) is 9.78. The minimum Gasteiger partial charge on any atom is -0.489 e. The zero-order chi connectivity index (χ0) is 21.0. The van der Waals surface area contributed by atoms with Crippen LogP contribution in [0.15, 0.2) is 48.5 Å². The van der Waals surface area contributed by atoms with Crippen LogP contribution >= 0.6 is 11.8 Å². The van der Waals surface area contributed by atoms with Gasteiger partial charge in [0, 0.05) is 10.7 Å². The average molecular weight is 425 g/mol. The van der Waals surface area contributed by atoms with Crippen molar-refractivity contribution in [3.05, 3.63) is 65.2 Å². The Bertz CT molecular complexity index is 817. The van der Waals surface area contributed by atoms with Crippen molar-refractivity contribution in [2.24, 2.45) is 5.92 Å². The molecule has 2 nitrogen and oxygen atoms in total. The van der Waals surface area contributed by atoms with Crippen molar-refractivity contribution in [1.82, 2.24) is 0 Å². The van der Waals surface area contributed by atoms with Crippen molar-refractivity contribution < 1.29 is 9.47 Å². The quantitative estimate of drug-likeness (QED) is 0.404. The molecule has 0 radical (unpaired) electrons. The van der Waals surface area contributed by atoms with E-state index in [0.29, 0.717) is 18.0 Å². The summed E-state index contributed by atoms with van der Waals surface area (Å²) in [6.07, 6.45) is 8.82. The van der Waals surface area contributed by atoms with E-state index in [1.54, 1.807) is 0 Å². The molecule has 2 aliphatic rings. The van der Waals surface area contributed by atoms with Gasteiger partial charge >= 0.3 is 0 Å². The van der Waals surface area contributed by atoms with E-state index in [-0.39, 0.29) is 10.9 Å². The summed E-state index contributed by atoms with van der Waals surface area (Å²) in [4.78, 5) is 0. The van der Waals surface area contributed by atoms with Gasteiger partial charge in [0.2, 0.25) is 0 Å². The molecule has 30 heavy (non-hydrogen) atoms. The highest BCUT2D eigenvalue weighted by atomic mass is 32.2. The normalized spacial score (nSPS) is 24.7. The van der Waals surface area contributed by atoms with Crippen molar-refractivity contribution in [3.8, 4) is 5.75 Å². The second-order valence-electron chi connectivity index (χ2n) is 9.30. The lowest BCUT2D eigenvalue weighted by atomic mass is 9.75. The van der Waals surface area contributed by atoms with Crippen LogP contribution in [-0.4, -0.2) is 10.2 Å². The third kappa shape index (κ3) is 4.89. The highest BCUT2D eigenvalue weighted by Gasteiger charge is 2.47. The average Bonchev–Trinajstić information content (AvgIpc) is 2.75. The summed E-state index contributed by atoms with van der Waals surface area (Å²) >= 11 is 2.07. The molecule has 1 aliphatic carbocycles. The van der Waals surface area contributed by atoms with E-state index in [0.717, 1.165) is 18.6 Å². The van der Waals surface area contributed by atoms with Crippen molar-refractivity contribution in [2.75, 3.05) is 0 Å². The maximum atomic E-state index is 6.76. The van der Waals surface area contributed by atoms with Crippen LogP contribution in [0.2, 0.25) is 0 Å². The van der Waals surface area contributed by atoms with E-state index in [9.17, 15) is 0 Å². The molecular formula is C27H36O2S. The van der Waals surface area contributed by atoms with Gasteiger partial charge in [0.05, 0.1) is 6.10 Å². The van der Waals surface area contributed by atoms with Gasteiger partial charge < -0.3 is 9.47 Å². The van der Waals surface area contributed by atoms with Gasteiger partial charge in [-0.05, 0) is 48.4 Å². The molecule has 0 bridgehead atoms. The Kier molecular flexibility index (Phi) is 7.10. The van der Waals surface area contributed by atoms with Gasteiger partial charge in [-0.15, -0.1) is 11.8 Å². The number of benzene rings is 2. The Balaban J connectivity index is 1.51. The monoisotopic (exact) mass is 424 g/mol. The van der Waals surface area contributed by atoms with E-state index < -0.39 is 0 Å². The zero-order valence-electron chi connectivity index (χ0n) is 18.7. The van der Waals surface area contributed by atoms with Crippen molar-refractivity contribution in [1.29, 1.82) is 0 Å². The summed E-state index contributed by atoms with van der Waals surface area (Å²) in [5.41, 5.74) is 4.24. The maximum Gasteiger partial charge on any atom is 0.123 e. The molecule has 162 valence electrons. The number of ether oxygens (including phenoxy) is 2. The molecule has 1 fully saturated rings. The number of rotatable bonds is 8. The number of unbranched alkanes of at least 4 members (excludes halogenated alkanes) is 3. The molecule has 0 spiro atoms. The van der Waals surface area contributed by atoms with E-state index >= 15 is 0 Å². The second-order valence-corrected chi connectivity index (χ2v) is 11.1. The largest absolute Gasteiger partial charge is 0.489 e. The minimum absolute atomic E-state index is 0.196. The third-order valence-electron chi connectivity index (χ3n) is 6.70. The lowest BCUT2D eigenvalue weighted by Crippen LogP contribution is -2.44. The van der Waals surface area contributed by atoms with Gasteiger partial charge in [-0.1, -0.05) is 82.5 Å². The van der Waals surface area contributed by atoms with Gasteiger partial charge in [0.1, 0.15) is 17.8 Å². The van der Waals surface area contributed by atoms with Gasteiger partial charge in [-0.3, -0.25) is 0 Å². The van der Waals surface area contributed by atoms with Crippen LogP contribution in [0.4, 0.5) is 0 Å². The lowest BCUT2D eigenvalue weighted by molar-refractivity contribution is -0.0397. The summed E-state index contributed by atoms with van der Waals surface area (Å²) in [6.45, 7) is 7.75. The van der Waals surface area contributed by atoms with Crippen LogP contribution < -0.4 is 4.74 Å². The molecule has 0 aromatic heterocycles. The SMILES string of the molecule is CCCCCC[C@@H]1O[C@@H]2c3cccc(OCc4ccccc4)c3CC[C@@H]2C(C)(C)S1. The Morgan fingerprint density at radius 1 is 1.03 bits per heavy atom. The van der Waals surface area contributed by atoms with E-state index in [1.807, 2.05) is 6.07 Å². The van der Waals surface area contributed by atoms with Crippen LogP contribution in [0.25, 0.3) is 0 Å². The molecule has 0 amide bonds. The van der Waals surface area contributed by atoms with Crippen LogP contribution in [0.3, 0.4) is 0 Å². The molecule has 2 aromatic rings. The standard InChI is InChI=1S/C27H36O2S/c1-4-5-6-10-16-25-29-26-22-14-11-15-24(28-19-20-12-8-7-9-13-20)21(22)17-18-23(26)27(2,3)30-25/h7-9,11-15,23,25-26H,4-6,10,16-19H2,1-3H3/t23-,25+,26+/m0/s1. The fraction of sp³-hybridized carbons (Fsp3) is 0.556. The third-order valence-corrected chi connectivity index (χ3v) is 8.22. The summed E-state index contributed by atoms with van der Waals surface area (Å²) in [7, 11) is 0. The van der Waals surface area contributed by atoms with E-state index in [1.165, 1.54) is 48.8 Å². The molecule has 4 rings (SSSR count). The molecule has 0 N–H and O–H groups in total. The fourth-order valence-corrected chi connectivity index (χ4v) is 6.57. The number of hydrogen-bond acceptors (Lipinski definition) is 3. The predicted molar refractivity (Wildman–Crippen MR) is 127 cm³/mol. The summed E-state index contributed by atoms with van der Waals surface area (Å²) in [5, 5.41) is 0. The van der Waals surface area contributed by atoms with Crippen LogP contribution in [-0.2, 0) is 17.8 Å². The highest BCUT2D eigenvalue weighted by molar-refractivity contribution is 8.01. The molecule has 0 saturated carbocycles. The molecular weight excluding hydrogens is 388 g/mol. The van der Waals surface area contributed by atoms with E-state index in [4.69, 9.17) is 9.47 Å². The summed E-state index contributed by atoms with van der Waals surface area (Å²) < 4.78 is 13.3. The van der Waals surface area contributed by atoms with Crippen molar-refractivity contribution in [3.63, 3.8) is 0 Å². The number of thioether (sulfide) groups is 1. The molecule has 3 heteroatoms. The molecule has 2 aromatic carbocycles. The minimum atomic E-state index is 0.196. The smallest absolute Gasteiger partial charge is 0.123 e. The molecule has 3 atom stereocenters. The molecule has 1 saturated heterocycles. The van der Waals surface area contributed by atoms with Gasteiger partial charge in [-0.25, -0.2) is 0 Å². The zero-order valence-corrected chi connectivity index (χ0v) is 19.5. The molecule has 0 unspecified atom stereocenters.